The molecule has 9 nitrogen and oxygen atoms in total. The van der Waals surface area contributed by atoms with Crippen molar-refractivity contribution >= 4 is 49.6 Å². The number of nitrogens with two attached hydrogens (primary N) is 1. The van der Waals surface area contributed by atoms with Gasteiger partial charge in [0.15, 0.2) is 15.0 Å². The maximum atomic E-state index is 14.4. The summed E-state index contributed by atoms with van der Waals surface area (Å²) in [6, 6.07) is 4.88. The zero-order chi connectivity index (χ0) is 22.1. The average molecular weight is 449 g/mol. The Morgan fingerprint density at radius 2 is 1.83 bits per heavy atom. The molecule has 0 radical (unpaired) electrons. The second-order valence-electron chi connectivity index (χ2n) is 6.27. The summed E-state index contributed by atoms with van der Waals surface area (Å²) in [5.74, 6) is -2.07. The number of benzene rings is 1. The van der Waals surface area contributed by atoms with Crippen LogP contribution in [0.3, 0.4) is 0 Å². The van der Waals surface area contributed by atoms with Gasteiger partial charge < -0.3 is 16.4 Å². The van der Waals surface area contributed by atoms with Gasteiger partial charge in [-0.1, -0.05) is 11.3 Å². The van der Waals surface area contributed by atoms with Gasteiger partial charge in [0.25, 0.3) is 11.8 Å². The minimum absolute atomic E-state index is 0.0179. The molecule has 12 heteroatoms. The van der Waals surface area contributed by atoms with E-state index in [2.05, 4.69) is 20.6 Å². The smallest absolute Gasteiger partial charge is 0.267 e. The summed E-state index contributed by atoms with van der Waals surface area (Å²) >= 11 is 0.989. The number of nitrogens with one attached hydrogen (secondary N) is 2. The first-order valence-electron chi connectivity index (χ1n) is 8.35. The van der Waals surface area contributed by atoms with Crippen LogP contribution >= 0.6 is 11.3 Å². The van der Waals surface area contributed by atoms with Crippen molar-refractivity contribution in [1.82, 2.24) is 9.97 Å². The maximum absolute atomic E-state index is 14.4. The molecule has 0 spiro atoms. The number of sulfone groups is 1. The topological polar surface area (TPSA) is 144 Å². The van der Waals surface area contributed by atoms with Crippen molar-refractivity contribution in [2.45, 2.75) is 11.8 Å². The quantitative estimate of drug-likeness (QED) is 0.543. The minimum atomic E-state index is -3.44. The number of nitrogen functional groups attached to an aromatic ring is 1. The highest BCUT2D eigenvalue weighted by molar-refractivity contribution is 7.90. The lowest BCUT2D eigenvalue weighted by molar-refractivity contribution is 0.101. The highest BCUT2D eigenvalue weighted by Gasteiger charge is 2.18. The number of rotatable bonds is 5. The highest BCUT2D eigenvalue weighted by Crippen LogP contribution is 2.23. The zero-order valence-corrected chi connectivity index (χ0v) is 17.4. The predicted molar refractivity (Wildman–Crippen MR) is 111 cm³/mol. The van der Waals surface area contributed by atoms with Crippen LogP contribution in [0.4, 0.5) is 21.0 Å². The molecule has 0 aliphatic heterocycles. The van der Waals surface area contributed by atoms with E-state index in [1.54, 1.807) is 6.92 Å². The fourth-order valence-electron chi connectivity index (χ4n) is 2.42. The maximum Gasteiger partial charge on any atom is 0.267 e. The largest absolute Gasteiger partial charge is 0.375 e. The van der Waals surface area contributed by atoms with Crippen LogP contribution in [0.2, 0.25) is 0 Å². The number of amides is 2. The molecule has 2 heterocycles. The number of aryl methyl sites for hydroxylation is 1. The van der Waals surface area contributed by atoms with Crippen molar-refractivity contribution in [2.24, 2.45) is 0 Å². The lowest BCUT2D eigenvalue weighted by Gasteiger charge is -2.11. The van der Waals surface area contributed by atoms with Gasteiger partial charge in [-0.3, -0.25) is 9.59 Å². The molecule has 3 rings (SSSR count). The first kappa shape index (κ1) is 21.3. The molecule has 0 bridgehead atoms. The monoisotopic (exact) mass is 449 g/mol. The molecule has 0 fully saturated rings. The summed E-state index contributed by atoms with van der Waals surface area (Å²) < 4.78 is 37.3. The van der Waals surface area contributed by atoms with Gasteiger partial charge in [-0.25, -0.2) is 22.8 Å². The van der Waals surface area contributed by atoms with Crippen molar-refractivity contribution in [2.75, 3.05) is 22.6 Å². The van der Waals surface area contributed by atoms with E-state index in [0.717, 1.165) is 29.9 Å². The van der Waals surface area contributed by atoms with E-state index in [9.17, 15) is 22.4 Å². The number of thiazole rings is 1. The molecule has 0 unspecified atom stereocenters. The summed E-state index contributed by atoms with van der Waals surface area (Å²) in [6.45, 7) is 1.58. The Morgan fingerprint density at radius 1 is 1.10 bits per heavy atom. The van der Waals surface area contributed by atoms with Gasteiger partial charge >= 0.3 is 0 Å². The lowest BCUT2D eigenvalue weighted by Crippen LogP contribution is -2.17. The third-order valence-corrected chi connectivity index (χ3v) is 5.88. The molecule has 0 atom stereocenters. The number of anilines is 3. The van der Waals surface area contributed by atoms with Gasteiger partial charge in [0.2, 0.25) is 0 Å². The summed E-state index contributed by atoms with van der Waals surface area (Å²) in [5, 5.41) is 5.22. The van der Waals surface area contributed by atoms with Gasteiger partial charge in [0.1, 0.15) is 16.5 Å². The summed E-state index contributed by atoms with van der Waals surface area (Å²) in [4.78, 5) is 32.7. The van der Waals surface area contributed by atoms with Crippen LogP contribution in [0, 0.1) is 12.7 Å². The summed E-state index contributed by atoms with van der Waals surface area (Å²) in [7, 11) is -3.44. The van der Waals surface area contributed by atoms with Crippen LogP contribution in [0.5, 0.6) is 0 Å². The van der Waals surface area contributed by atoms with Crippen molar-refractivity contribution in [1.29, 1.82) is 0 Å². The lowest BCUT2D eigenvalue weighted by atomic mass is 10.1. The van der Waals surface area contributed by atoms with E-state index < -0.39 is 27.5 Å². The van der Waals surface area contributed by atoms with Crippen molar-refractivity contribution < 1.29 is 22.4 Å². The van der Waals surface area contributed by atoms with Gasteiger partial charge in [-0.2, -0.15) is 0 Å². The first-order valence-corrected chi connectivity index (χ1v) is 11.1. The zero-order valence-electron chi connectivity index (χ0n) is 15.8. The Bertz CT molecular complexity index is 1240. The third kappa shape index (κ3) is 4.78. The number of halogens is 1. The molecule has 0 saturated heterocycles. The predicted octanol–water partition coefficient (Wildman–Crippen LogP) is 2.48. The van der Waals surface area contributed by atoms with Crippen molar-refractivity contribution in [3.63, 3.8) is 0 Å². The minimum Gasteiger partial charge on any atom is -0.375 e. The molecular formula is C18H16FN5O4S2. The number of carbonyl (C=O) groups excluding carboxylic acids is 2. The van der Waals surface area contributed by atoms with Gasteiger partial charge in [-0.05, 0) is 36.8 Å². The fraction of sp³-hybridized carbons (Fsp3) is 0.111. The second kappa shape index (κ2) is 8.16. The Kier molecular flexibility index (Phi) is 5.80. The molecule has 30 heavy (non-hydrogen) atoms. The van der Waals surface area contributed by atoms with Crippen molar-refractivity contribution in [3.05, 3.63) is 58.5 Å². The number of hydrogen-bond acceptors (Lipinski definition) is 8. The van der Waals surface area contributed by atoms with E-state index >= 15 is 0 Å². The van der Waals surface area contributed by atoms with Crippen LogP contribution in [0.25, 0.3) is 0 Å². The molecule has 4 N–H and O–H groups in total. The van der Waals surface area contributed by atoms with Gasteiger partial charge in [0, 0.05) is 18.1 Å². The van der Waals surface area contributed by atoms with Gasteiger partial charge in [-0.15, -0.1) is 0 Å². The van der Waals surface area contributed by atoms with E-state index in [4.69, 9.17) is 5.73 Å². The second-order valence-corrected chi connectivity index (χ2v) is 9.35. The first-order chi connectivity index (χ1) is 14.0. The van der Waals surface area contributed by atoms with E-state index in [1.807, 2.05) is 0 Å². The number of nitrogens with zero attached hydrogens (tertiary/aromatic N) is 2. The van der Waals surface area contributed by atoms with Gasteiger partial charge in [0.05, 0.1) is 16.7 Å². The Labute approximate surface area is 175 Å². The summed E-state index contributed by atoms with van der Waals surface area (Å²) in [5.41, 5.74) is 5.83. The van der Waals surface area contributed by atoms with Crippen molar-refractivity contribution in [3.8, 4) is 0 Å². The van der Waals surface area contributed by atoms with Crippen LogP contribution in [0.15, 0.2) is 41.6 Å². The molecule has 0 saturated carbocycles. The number of pyridine rings is 1. The molecule has 0 aliphatic carbocycles. The average Bonchev–Trinajstić information content (AvgIpc) is 3.10. The number of carbonyl (C=O) groups is 2. The van der Waals surface area contributed by atoms with Crippen LogP contribution < -0.4 is 16.4 Å². The van der Waals surface area contributed by atoms with Crippen LogP contribution in [-0.4, -0.2) is 36.5 Å². The van der Waals surface area contributed by atoms with Crippen LogP contribution in [-0.2, 0) is 9.84 Å². The van der Waals surface area contributed by atoms with Crippen LogP contribution in [0.1, 0.15) is 25.6 Å². The molecule has 3 aromatic rings. The Balaban J connectivity index is 1.82. The molecule has 2 aromatic heterocycles. The normalized spacial score (nSPS) is 11.2. The molecular weight excluding hydrogens is 433 g/mol. The SMILES string of the molecule is Cc1cc(F)c(C(=O)Nc2ccc(S(C)(=O)=O)cn2)cc1NC(=O)c1cnc(N)s1. The number of aromatic nitrogens is 2. The molecule has 1 aromatic carbocycles. The van der Waals surface area contributed by atoms with E-state index in [-0.39, 0.29) is 32.0 Å². The summed E-state index contributed by atoms with van der Waals surface area (Å²) in [6.07, 6.45) is 3.43. The van der Waals surface area contributed by atoms with E-state index in [1.165, 1.54) is 24.4 Å². The Morgan fingerprint density at radius 3 is 2.40 bits per heavy atom. The molecule has 0 aliphatic rings. The molecule has 2 amide bonds. The number of hydrogen-bond donors (Lipinski definition) is 3. The molecule has 156 valence electrons. The Hall–Kier alpha value is -3.38. The standard InChI is InChI=1S/C18H16FN5O4S2/c1-9-5-12(19)11(6-13(9)23-17(26)14-8-22-18(20)29-14)16(25)24-15-4-3-10(7-21-15)30(2,27)28/h3-8H,1-2H3,(H2,20,22)(H,23,26)(H,21,24,25). The highest BCUT2D eigenvalue weighted by atomic mass is 32.2. The third-order valence-electron chi connectivity index (χ3n) is 3.96. The van der Waals surface area contributed by atoms with E-state index in [0.29, 0.717) is 5.56 Å². The fourth-order valence-corrected chi connectivity index (χ4v) is 3.55.